The minimum atomic E-state index is -0.434. The number of aromatic nitrogens is 1. The van der Waals surface area contributed by atoms with Crippen LogP contribution in [0.15, 0.2) is 39.9 Å². The molecule has 0 aliphatic carbocycles. The fourth-order valence-corrected chi connectivity index (χ4v) is 5.38. The van der Waals surface area contributed by atoms with E-state index in [2.05, 4.69) is 10.1 Å². The van der Waals surface area contributed by atoms with Crippen molar-refractivity contribution in [1.82, 2.24) is 9.58 Å². The molecule has 30 heavy (non-hydrogen) atoms. The molecule has 1 aromatic carbocycles. The molecule has 0 atom stereocenters. The van der Waals surface area contributed by atoms with Crippen molar-refractivity contribution in [2.24, 2.45) is 10.1 Å². The molecule has 1 N–H and O–H groups in total. The van der Waals surface area contributed by atoms with Crippen molar-refractivity contribution in [1.29, 1.82) is 5.41 Å². The summed E-state index contributed by atoms with van der Waals surface area (Å²) in [5.74, 6) is 0.456. The normalized spacial score (nSPS) is 17.5. The van der Waals surface area contributed by atoms with Gasteiger partial charge in [-0.05, 0) is 67.3 Å². The zero-order valence-electron chi connectivity index (χ0n) is 16.4. The number of fused-ring (bicyclic) bond motifs is 1. The van der Waals surface area contributed by atoms with Gasteiger partial charge in [-0.1, -0.05) is 41.9 Å². The van der Waals surface area contributed by atoms with Gasteiger partial charge in [0.15, 0.2) is 10.2 Å². The van der Waals surface area contributed by atoms with Crippen molar-refractivity contribution >= 4 is 74.1 Å². The molecule has 6 nitrogen and oxygen atoms in total. The maximum Gasteiger partial charge on any atom is 0.283 e. The number of hydrogen-bond acceptors (Lipinski definition) is 5. The van der Waals surface area contributed by atoms with Crippen LogP contribution in [0.3, 0.4) is 0 Å². The molecule has 0 radical (unpaired) electrons. The van der Waals surface area contributed by atoms with Crippen LogP contribution in [-0.4, -0.2) is 36.6 Å². The summed E-state index contributed by atoms with van der Waals surface area (Å²) in [6.45, 7) is 5.95. The Balaban J connectivity index is 1.73. The van der Waals surface area contributed by atoms with Gasteiger partial charge in [0.1, 0.15) is 0 Å². The molecule has 0 saturated carbocycles. The molecule has 2 aliphatic rings. The Hall–Kier alpha value is -2.00. The molecule has 1 amide bonds. The topological polar surface area (TPSA) is 73.8 Å². The number of benzene rings is 1. The van der Waals surface area contributed by atoms with Crippen molar-refractivity contribution in [3.05, 3.63) is 56.8 Å². The standard InChI is InChI=1S/C20H17Cl2N5OS2/c1-4-29-20-25-27-17(23)14(18(28)24-19(27)30-20)8-12-7-10(2)26(11(12)3)13-5-6-15(21)16(22)9-13/h5-9,23H,4H2,1-3H3. The Bertz CT molecular complexity index is 1180. The minimum Gasteiger partial charge on any atom is -0.318 e. The Labute approximate surface area is 192 Å². The molecule has 4 rings (SSSR count). The van der Waals surface area contributed by atoms with Gasteiger partial charge >= 0.3 is 0 Å². The second-order valence-electron chi connectivity index (χ2n) is 6.58. The van der Waals surface area contributed by atoms with Gasteiger partial charge in [-0.2, -0.15) is 10.0 Å². The molecule has 0 spiro atoms. The summed E-state index contributed by atoms with van der Waals surface area (Å²) in [5, 5.41) is 15.7. The third-order valence-electron chi connectivity index (χ3n) is 4.64. The number of carbonyl (C=O) groups excluding carboxylic acids is 1. The number of hydrazone groups is 1. The van der Waals surface area contributed by atoms with Gasteiger partial charge in [0.05, 0.1) is 15.6 Å². The number of aliphatic imine (C=N–C) groups is 1. The number of halogens is 2. The van der Waals surface area contributed by atoms with Crippen LogP contribution in [0.1, 0.15) is 23.9 Å². The first-order chi connectivity index (χ1) is 14.3. The number of carbonyl (C=O) groups is 1. The highest BCUT2D eigenvalue weighted by Gasteiger charge is 2.35. The van der Waals surface area contributed by atoms with Gasteiger partial charge in [0.25, 0.3) is 5.91 Å². The zero-order valence-corrected chi connectivity index (χ0v) is 19.5. The van der Waals surface area contributed by atoms with Crippen molar-refractivity contribution in [3.63, 3.8) is 0 Å². The van der Waals surface area contributed by atoms with Gasteiger partial charge in [-0.3, -0.25) is 10.2 Å². The van der Waals surface area contributed by atoms with Crippen LogP contribution in [0.5, 0.6) is 0 Å². The smallest absolute Gasteiger partial charge is 0.283 e. The molecule has 0 bridgehead atoms. The highest BCUT2D eigenvalue weighted by atomic mass is 35.5. The van der Waals surface area contributed by atoms with Crippen LogP contribution < -0.4 is 0 Å². The monoisotopic (exact) mass is 477 g/mol. The van der Waals surface area contributed by atoms with E-state index in [-0.39, 0.29) is 11.4 Å². The van der Waals surface area contributed by atoms with Crippen molar-refractivity contribution in [2.45, 2.75) is 20.8 Å². The molecule has 1 aromatic heterocycles. The largest absolute Gasteiger partial charge is 0.318 e. The molecular weight excluding hydrogens is 461 g/mol. The third-order valence-corrected chi connectivity index (χ3v) is 7.30. The number of amides is 1. The summed E-state index contributed by atoms with van der Waals surface area (Å²) >= 11 is 15.1. The molecule has 2 aliphatic heterocycles. The van der Waals surface area contributed by atoms with Gasteiger partial charge < -0.3 is 4.57 Å². The van der Waals surface area contributed by atoms with Crippen molar-refractivity contribution in [2.75, 3.05) is 5.75 Å². The SMILES string of the molecule is CCSC1=NN2C(=N)C(=Cc3cc(C)n(-c4ccc(Cl)c(Cl)c4)c3C)C(=O)N=C2S1. The highest BCUT2D eigenvalue weighted by Crippen LogP contribution is 2.33. The fourth-order valence-electron chi connectivity index (χ4n) is 3.27. The molecule has 3 heterocycles. The molecular formula is C20H17Cl2N5OS2. The van der Waals surface area contributed by atoms with Crippen molar-refractivity contribution in [3.8, 4) is 5.69 Å². The number of nitrogens with zero attached hydrogens (tertiary/aromatic N) is 4. The molecule has 10 heteroatoms. The summed E-state index contributed by atoms with van der Waals surface area (Å²) in [6.07, 6.45) is 1.70. The molecule has 0 fully saturated rings. The van der Waals surface area contributed by atoms with Crippen LogP contribution in [0.4, 0.5) is 0 Å². The molecule has 0 saturated heterocycles. The number of rotatable bonds is 3. The zero-order chi connectivity index (χ0) is 21.6. The van der Waals surface area contributed by atoms with E-state index >= 15 is 0 Å². The number of hydrogen-bond donors (Lipinski definition) is 1. The summed E-state index contributed by atoms with van der Waals surface area (Å²) in [6, 6.07) is 7.40. The van der Waals surface area contributed by atoms with E-state index in [1.54, 1.807) is 30.0 Å². The van der Waals surface area contributed by atoms with Gasteiger partial charge in [-0.25, -0.2) is 0 Å². The Kier molecular flexibility index (Phi) is 5.85. The maximum absolute atomic E-state index is 12.6. The lowest BCUT2D eigenvalue weighted by atomic mass is 10.1. The van der Waals surface area contributed by atoms with Crippen LogP contribution in [0, 0.1) is 19.3 Å². The van der Waals surface area contributed by atoms with E-state index in [9.17, 15) is 4.79 Å². The lowest BCUT2D eigenvalue weighted by Gasteiger charge is -2.20. The van der Waals surface area contributed by atoms with Gasteiger partial charge in [0, 0.05) is 17.1 Å². The molecule has 2 aromatic rings. The van der Waals surface area contributed by atoms with E-state index < -0.39 is 5.91 Å². The van der Waals surface area contributed by atoms with Gasteiger partial charge in [0.2, 0.25) is 5.17 Å². The Morgan fingerprint density at radius 2 is 2.00 bits per heavy atom. The number of thioether (sulfide) groups is 2. The average Bonchev–Trinajstić information content (AvgIpc) is 3.21. The first kappa shape index (κ1) is 21.2. The average molecular weight is 478 g/mol. The molecule has 154 valence electrons. The van der Waals surface area contributed by atoms with Gasteiger partial charge in [-0.15, -0.1) is 5.10 Å². The van der Waals surface area contributed by atoms with Crippen LogP contribution in [0.25, 0.3) is 11.8 Å². The number of aryl methyl sites for hydroxylation is 1. The number of amidine groups is 2. The van der Waals surface area contributed by atoms with Crippen LogP contribution in [0.2, 0.25) is 10.0 Å². The fraction of sp³-hybridized carbons (Fsp3) is 0.200. The van der Waals surface area contributed by atoms with E-state index in [1.165, 1.54) is 16.8 Å². The summed E-state index contributed by atoms with van der Waals surface area (Å²) in [7, 11) is 0. The maximum atomic E-state index is 12.6. The summed E-state index contributed by atoms with van der Waals surface area (Å²) in [4.78, 5) is 16.8. The summed E-state index contributed by atoms with van der Waals surface area (Å²) < 4.78 is 2.81. The van der Waals surface area contributed by atoms with Crippen LogP contribution >= 0.6 is 46.7 Å². The minimum absolute atomic E-state index is 0.0311. The highest BCUT2D eigenvalue weighted by molar-refractivity contribution is 8.45. The Morgan fingerprint density at radius 1 is 1.23 bits per heavy atom. The first-order valence-corrected chi connectivity index (χ1v) is 11.6. The van der Waals surface area contributed by atoms with E-state index in [4.69, 9.17) is 28.6 Å². The van der Waals surface area contributed by atoms with E-state index in [0.29, 0.717) is 15.2 Å². The third kappa shape index (κ3) is 3.73. The Morgan fingerprint density at radius 3 is 2.70 bits per heavy atom. The first-order valence-electron chi connectivity index (χ1n) is 9.07. The molecule has 0 unspecified atom stereocenters. The summed E-state index contributed by atoms with van der Waals surface area (Å²) in [5.41, 5.74) is 3.78. The lowest BCUT2D eigenvalue weighted by molar-refractivity contribution is -0.114. The van der Waals surface area contributed by atoms with Crippen LogP contribution in [-0.2, 0) is 4.79 Å². The second kappa shape index (κ2) is 8.26. The van der Waals surface area contributed by atoms with E-state index in [0.717, 1.165) is 32.8 Å². The number of nitrogens with one attached hydrogen (secondary N) is 1. The predicted molar refractivity (Wildman–Crippen MR) is 128 cm³/mol. The second-order valence-corrected chi connectivity index (χ2v) is 9.86. The lowest BCUT2D eigenvalue weighted by Crippen LogP contribution is -2.35. The quantitative estimate of drug-likeness (QED) is 0.572. The predicted octanol–water partition coefficient (Wildman–Crippen LogP) is 5.73. The van der Waals surface area contributed by atoms with Crippen molar-refractivity contribution < 1.29 is 4.79 Å². The van der Waals surface area contributed by atoms with E-state index in [1.807, 2.05) is 37.5 Å².